The first-order valence-electron chi connectivity index (χ1n) is 7.43. The van der Waals surface area contributed by atoms with E-state index in [9.17, 15) is 4.79 Å². The fraction of sp³-hybridized carbons (Fsp3) is 0.600. The van der Waals surface area contributed by atoms with E-state index in [0.29, 0.717) is 11.4 Å². The summed E-state index contributed by atoms with van der Waals surface area (Å²) in [7, 11) is 0. The van der Waals surface area contributed by atoms with Gasteiger partial charge in [-0.05, 0) is 37.7 Å². The highest BCUT2D eigenvalue weighted by Crippen LogP contribution is 2.39. The third kappa shape index (κ3) is 3.89. The van der Waals surface area contributed by atoms with Gasteiger partial charge >= 0.3 is 0 Å². The molecule has 4 N–H and O–H groups in total. The highest BCUT2D eigenvalue weighted by molar-refractivity contribution is 8.00. The van der Waals surface area contributed by atoms with Crippen LogP contribution in [0.3, 0.4) is 0 Å². The average molecular weight is 308 g/mol. The van der Waals surface area contributed by atoms with Crippen molar-refractivity contribution >= 4 is 23.5 Å². The third-order valence-electron chi connectivity index (χ3n) is 4.17. The summed E-state index contributed by atoms with van der Waals surface area (Å²) >= 11 is 1.87. The molecule has 0 aromatic carbocycles. The summed E-state index contributed by atoms with van der Waals surface area (Å²) in [5.74, 6) is 5.89. The maximum Gasteiger partial charge on any atom is 0.251 e. The molecule has 6 heteroatoms. The number of amides is 1. The zero-order valence-corrected chi connectivity index (χ0v) is 13.6. The Kier molecular flexibility index (Phi) is 5.47. The molecule has 1 saturated carbocycles. The number of carbonyl (C=O) groups is 1. The van der Waals surface area contributed by atoms with E-state index in [1.165, 1.54) is 25.7 Å². The summed E-state index contributed by atoms with van der Waals surface area (Å²) in [5, 5.41) is 3.08. The zero-order chi connectivity index (χ0) is 15.3. The normalized spacial score (nSPS) is 16.7. The molecule has 1 aliphatic rings. The van der Waals surface area contributed by atoms with Crippen molar-refractivity contribution in [1.82, 2.24) is 10.3 Å². The average Bonchev–Trinajstić information content (AvgIpc) is 3.01. The minimum absolute atomic E-state index is 0.0519. The molecule has 1 aliphatic carbocycles. The minimum Gasteiger partial charge on any atom is -0.351 e. The van der Waals surface area contributed by atoms with Gasteiger partial charge in [0.1, 0.15) is 5.82 Å². The molecule has 1 fully saturated rings. The first-order valence-corrected chi connectivity index (χ1v) is 8.66. The second-order valence-electron chi connectivity index (χ2n) is 5.51. The summed E-state index contributed by atoms with van der Waals surface area (Å²) in [4.78, 5) is 16.7. The Morgan fingerprint density at radius 2 is 2.14 bits per heavy atom. The zero-order valence-electron chi connectivity index (χ0n) is 12.7. The number of aromatic nitrogens is 1. The molecule has 1 heterocycles. The van der Waals surface area contributed by atoms with Gasteiger partial charge in [0.15, 0.2) is 0 Å². The van der Waals surface area contributed by atoms with Gasteiger partial charge in [0.2, 0.25) is 0 Å². The van der Waals surface area contributed by atoms with E-state index in [1.54, 1.807) is 6.07 Å². The molecule has 0 unspecified atom stereocenters. The van der Waals surface area contributed by atoms with E-state index in [4.69, 9.17) is 5.84 Å². The molecule has 0 saturated heterocycles. The van der Waals surface area contributed by atoms with Gasteiger partial charge in [-0.2, -0.15) is 11.8 Å². The van der Waals surface area contributed by atoms with E-state index in [-0.39, 0.29) is 10.7 Å². The second-order valence-corrected chi connectivity index (χ2v) is 6.78. The van der Waals surface area contributed by atoms with Crippen LogP contribution >= 0.6 is 11.8 Å². The minimum atomic E-state index is -0.0519. The predicted octanol–water partition coefficient (Wildman–Crippen LogP) is 2.34. The summed E-state index contributed by atoms with van der Waals surface area (Å²) in [6, 6.07) is 3.52. The second kappa shape index (κ2) is 7.13. The van der Waals surface area contributed by atoms with Crippen LogP contribution < -0.4 is 16.6 Å². The molecule has 1 amide bonds. The molecule has 1 aromatic rings. The number of aryl methyl sites for hydroxylation is 1. The predicted molar refractivity (Wildman–Crippen MR) is 88.5 cm³/mol. The maximum atomic E-state index is 12.4. The molecule has 0 radical (unpaired) electrons. The summed E-state index contributed by atoms with van der Waals surface area (Å²) in [6.45, 7) is 2.73. The Balaban J connectivity index is 2.06. The van der Waals surface area contributed by atoms with Crippen LogP contribution in [0.15, 0.2) is 12.1 Å². The SMILES string of the molecule is CCc1cc(C(=O)NCC2(SC)CCCC2)cc(NN)n1. The summed E-state index contributed by atoms with van der Waals surface area (Å²) in [5.41, 5.74) is 3.99. The van der Waals surface area contributed by atoms with Crippen LogP contribution in [-0.4, -0.2) is 28.4 Å². The first kappa shape index (κ1) is 16.1. The number of nitrogens with one attached hydrogen (secondary N) is 2. The number of nitrogens with zero attached hydrogens (tertiary/aromatic N) is 1. The quantitative estimate of drug-likeness (QED) is 0.555. The lowest BCUT2D eigenvalue weighted by molar-refractivity contribution is 0.0949. The summed E-state index contributed by atoms with van der Waals surface area (Å²) in [6.07, 6.45) is 7.78. The van der Waals surface area contributed by atoms with Gasteiger partial charge in [0.05, 0.1) is 0 Å². The maximum absolute atomic E-state index is 12.4. The topological polar surface area (TPSA) is 80.0 Å². The highest BCUT2D eigenvalue weighted by atomic mass is 32.2. The molecule has 5 nitrogen and oxygen atoms in total. The van der Waals surface area contributed by atoms with Gasteiger partial charge in [-0.3, -0.25) is 4.79 Å². The Morgan fingerprint density at radius 1 is 1.43 bits per heavy atom. The van der Waals surface area contributed by atoms with Crippen molar-refractivity contribution < 1.29 is 4.79 Å². The lowest BCUT2D eigenvalue weighted by atomic mass is 10.1. The molecule has 21 heavy (non-hydrogen) atoms. The molecular weight excluding hydrogens is 284 g/mol. The van der Waals surface area contributed by atoms with Crippen LogP contribution in [-0.2, 0) is 6.42 Å². The molecule has 0 aliphatic heterocycles. The Labute approximate surface area is 130 Å². The standard InChI is InChI=1S/C15H24N4OS/c1-3-12-8-11(9-13(18-12)19-16)14(20)17-10-15(21-2)6-4-5-7-15/h8-9H,3-7,10,16H2,1-2H3,(H,17,20)(H,18,19). The van der Waals surface area contributed by atoms with Crippen molar-refractivity contribution in [3.63, 3.8) is 0 Å². The molecular formula is C15H24N4OS. The largest absolute Gasteiger partial charge is 0.351 e. The van der Waals surface area contributed by atoms with Crippen molar-refractivity contribution in [2.75, 3.05) is 18.2 Å². The van der Waals surface area contributed by atoms with E-state index >= 15 is 0 Å². The van der Waals surface area contributed by atoms with Gasteiger partial charge in [-0.25, -0.2) is 10.8 Å². The fourth-order valence-electron chi connectivity index (χ4n) is 2.79. The van der Waals surface area contributed by atoms with Crippen LogP contribution in [0, 0.1) is 0 Å². The van der Waals surface area contributed by atoms with E-state index in [0.717, 1.165) is 18.7 Å². The molecule has 0 atom stereocenters. The Bertz CT molecular complexity index is 478. The number of nitrogens with two attached hydrogens (primary N) is 1. The summed E-state index contributed by atoms with van der Waals surface area (Å²) < 4.78 is 0.214. The van der Waals surface area contributed by atoms with Crippen molar-refractivity contribution in [2.45, 2.75) is 43.8 Å². The number of hydrogen-bond donors (Lipinski definition) is 3. The third-order valence-corrected chi connectivity index (χ3v) is 5.59. The fourth-order valence-corrected chi connectivity index (χ4v) is 3.70. The number of anilines is 1. The first-order chi connectivity index (χ1) is 10.1. The van der Waals surface area contributed by atoms with Gasteiger partial charge in [0.25, 0.3) is 5.91 Å². The molecule has 1 aromatic heterocycles. The Hall–Kier alpha value is -1.27. The van der Waals surface area contributed by atoms with Gasteiger partial charge in [0, 0.05) is 22.5 Å². The number of carbonyl (C=O) groups excluding carboxylic acids is 1. The monoisotopic (exact) mass is 308 g/mol. The smallest absolute Gasteiger partial charge is 0.251 e. The van der Waals surface area contributed by atoms with E-state index < -0.39 is 0 Å². The number of hydrogen-bond acceptors (Lipinski definition) is 5. The molecule has 0 spiro atoms. The van der Waals surface area contributed by atoms with Crippen LogP contribution in [0.1, 0.15) is 48.7 Å². The van der Waals surface area contributed by atoms with Crippen LogP contribution in [0.2, 0.25) is 0 Å². The van der Waals surface area contributed by atoms with Gasteiger partial charge in [-0.1, -0.05) is 19.8 Å². The molecule has 116 valence electrons. The van der Waals surface area contributed by atoms with Crippen LogP contribution in [0.4, 0.5) is 5.82 Å². The number of thioether (sulfide) groups is 1. The molecule has 0 bridgehead atoms. The van der Waals surface area contributed by atoms with Crippen LogP contribution in [0.5, 0.6) is 0 Å². The highest BCUT2D eigenvalue weighted by Gasteiger charge is 2.33. The number of rotatable bonds is 6. The Morgan fingerprint density at radius 3 is 2.71 bits per heavy atom. The van der Waals surface area contributed by atoms with E-state index in [1.807, 2.05) is 24.8 Å². The lowest BCUT2D eigenvalue weighted by Crippen LogP contribution is -2.38. The van der Waals surface area contributed by atoms with Crippen molar-refractivity contribution in [3.8, 4) is 0 Å². The number of hydrazine groups is 1. The van der Waals surface area contributed by atoms with E-state index in [2.05, 4.69) is 22.0 Å². The van der Waals surface area contributed by atoms with Crippen LogP contribution in [0.25, 0.3) is 0 Å². The lowest BCUT2D eigenvalue weighted by Gasteiger charge is -2.27. The van der Waals surface area contributed by atoms with Gasteiger partial charge in [-0.15, -0.1) is 0 Å². The molecule has 2 rings (SSSR count). The number of pyridine rings is 1. The van der Waals surface area contributed by atoms with Crippen molar-refractivity contribution in [3.05, 3.63) is 23.4 Å². The van der Waals surface area contributed by atoms with Crippen molar-refractivity contribution in [1.29, 1.82) is 0 Å². The number of nitrogen functional groups attached to an aromatic ring is 1. The van der Waals surface area contributed by atoms with Gasteiger partial charge < -0.3 is 10.7 Å². The van der Waals surface area contributed by atoms with Crippen molar-refractivity contribution in [2.24, 2.45) is 5.84 Å².